The molecule has 21 heavy (non-hydrogen) atoms. The largest absolute Gasteiger partial charge is 0.481 e. The summed E-state index contributed by atoms with van der Waals surface area (Å²) < 4.78 is 5.28. The van der Waals surface area contributed by atoms with Crippen molar-refractivity contribution in [3.8, 4) is 0 Å². The van der Waals surface area contributed by atoms with Crippen LogP contribution >= 0.6 is 0 Å². The van der Waals surface area contributed by atoms with Gasteiger partial charge in [-0.3, -0.25) is 9.59 Å². The Bertz CT molecular complexity index is 533. The van der Waals surface area contributed by atoms with Crippen molar-refractivity contribution >= 4 is 17.7 Å². The summed E-state index contributed by atoms with van der Waals surface area (Å²) >= 11 is 0. The Morgan fingerprint density at radius 1 is 1.52 bits per heavy atom. The molecular formula is C14H19N3O4. The van der Waals surface area contributed by atoms with Crippen LogP contribution in [0.15, 0.2) is 18.3 Å². The van der Waals surface area contributed by atoms with Gasteiger partial charge in [0.25, 0.3) is 5.91 Å². The number of amides is 1. The number of carbonyl (C=O) groups excluding carboxylic acids is 1. The molecule has 1 aliphatic rings. The minimum absolute atomic E-state index is 0.114. The van der Waals surface area contributed by atoms with Crippen LogP contribution in [0.5, 0.6) is 0 Å². The highest BCUT2D eigenvalue weighted by Gasteiger charge is 2.30. The molecule has 0 spiro atoms. The molecule has 1 aromatic heterocycles. The minimum Gasteiger partial charge on any atom is -0.481 e. The molecule has 0 bridgehead atoms. The van der Waals surface area contributed by atoms with Crippen LogP contribution in [0.2, 0.25) is 0 Å². The summed E-state index contributed by atoms with van der Waals surface area (Å²) in [5.41, 5.74) is 0.506. The van der Waals surface area contributed by atoms with E-state index < -0.39 is 12.0 Å². The number of rotatable bonds is 4. The summed E-state index contributed by atoms with van der Waals surface area (Å²) in [5, 5.41) is 8.94. The van der Waals surface area contributed by atoms with E-state index >= 15 is 0 Å². The second-order valence-corrected chi connectivity index (χ2v) is 5.12. The Morgan fingerprint density at radius 2 is 2.29 bits per heavy atom. The van der Waals surface area contributed by atoms with Gasteiger partial charge in [0, 0.05) is 32.4 Å². The predicted molar refractivity (Wildman–Crippen MR) is 76.5 cm³/mol. The van der Waals surface area contributed by atoms with Crippen LogP contribution in [0.4, 0.5) is 5.82 Å². The van der Waals surface area contributed by atoms with Crippen molar-refractivity contribution in [2.24, 2.45) is 0 Å². The molecule has 114 valence electrons. The molecular weight excluding hydrogens is 274 g/mol. The zero-order valence-electron chi connectivity index (χ0n) is 12.2. The van der Waals surface area contributed by atoms with Crippen molar-refractivity contribution in [1.29, 1.82) is 0 Å². The maximum absolute atomic E-state index is 12.6. The summed E-state index contributed by atoms with van der Waals surface area (Å²) in [7, 11) is 3.69. The number of ether oxygens (including phenoxy) is 1. The van der Waals surface area contributed by atoms with Crippen molar-refractivity contribution in [2.45, 2.75) is 12.5 Å². The highest BCUT2D eigenvalue weighted by molar-refractivity contribution is 5.95. The van der Waals surface area contributed by atoms with Gasteiger partial charge in [-0.2, -0.15) is 0 Å². The molecule has 1 unspecified atom stereocenters. The lowest BCUT2D eigenvalue weighted by Gasteiger charge is -2.35. The van der Waals surface area contributed by atoms with Gasteiger partial charge in [0.2, 0.25) is 0 Å². The molecule has 7 heteroatoms. The van der Waals surface area contributed by atoms with Gasteiger partial charge in [-0.05, 0) is 12.1 Å². The Labute approximate surface area is 123 Å². The normalized spacial score (nSPS) is 18.4. The molecule has 0 aliphatic carbocycles. The maximum atomic E-state index is 12.6. The van der Waals surface area contributed by atoms with E-state index in [-0.39, 0.29) is 18.9 Å². The van der Waals surface area contributed by atoms with E-state index in [1.807, 2.05) is 19.0 Å². The van der Waals surface area contributed by atoms with Crippen LogP contribution in [0.25, 0.3) is 0 Å². The number of anilines is 1. The monoisotopic (exact) mass is 293 g/mol. The number of nitrogens with zero attached hydrogens (tertiary/aromatic N) is 3. The van der Waals surface area contributed by atoms with E-state index in [4.69, 9.17) is 9.84 Å². The molecule has 0 saturated carbocycles. The molecule has 1 aliphatic heterocycles. The molecule has 1 atom stereocenters. The summed E-state index contributed by atoms with van der Waals surface area (Å²) in [6, 6.07) is 2.91. The van der Waals surface area contributed by atoms with Crippen LogP contribution in [-0.4, -0.2) is 66.8 Å². The Morgan fingerprint density at radius 3 is 2.95 bits per heavy atom. The highest BCUT2D eigenvalue weighted by Crippen LogP contribution is 2.17. The zero-order valence-corrected chi connectivity index (χ0v) is 12.2. The lowest BCUT2D eigenvalue weighted by Crippen LogP contribution is -2.49. The van der Waals surface area contributed by atoms with E-state index in [1.54, 1.807) is 23.2 Å². The molecule has 1 aromatic rings. The first kappa shape index (κ1) is 15.2. The number of hydrogen-bond donors (Lipinski definition) is 1. The number of carbonyl (C=O) groups is 2. The Hall–Kier alpha value is -2.15. The Kier molecular flexibility index (Phi) is 4.74. The van der Waals surface area contributed by atoms with Gasteiger partial charge in [0.15, 0.2) is 0 Å². The summed E-state index contributed by atoms with van der Waals surface area (Å²) in [5.74, 6) is -0.439. The number of aromatic nitrogens is 1. The molecule has 1 N–H and O–H groups in total. The molecule has 2 rings (SSSR count). The quantitative estimate of drug-likeness (QED) is 0.868. The third-order valence-electron chi connectivity index (χ3n) is 3.35. The van der Waals surface area contributed by atoms with Crippen molar-refractivity contribution in [3.05, 3.63) is 23.9 Å². The molecule has 0 aromatic carbocycles. The zero-order chi connectivity index (χ0) is 15.4. The van der Waals surface area contributed by atoms with E-state index in [2.05, 4.69) is 4.98 Å². The third kappa shape index (κ3) is 3.69. The fourth-order valence-corrected chi connectivity index (χ4v) is 2.25. The van der Waals surface area contributed by atoms with Crippen molar-refractivity contribution in [3.63, 3.8) is 0 Å². The maximum Gasteiger partial charge on any atom is 0.305 e. The molecule has 1 saturated heterocycles. The number of hydrogen-bond acceptors (Lipinski definition) is 5. The van der Waals surface area contributed by atoms with Gasteiger partial charge in [0.05, 0.1) is 25.7 Å². The fourth-order valence-electron chi connectivity index (χ4n) is 2.25. The van der Waals surface area contributed by atoms with E-state index in [1.165, 1.54) is 0 Å². The molecule has 1 amide bonds. The lowest BCUT2D eigenvalue weighted by atomic mass is 10.1. The second kappa shape index (κ2) is 6.53. The van der Waals surface area contributed by atoms with Gasteiger partial charge in [-0.25, -0.2) is 4.98 Å². The summed E-state index contributed by atoms with van der Waals surface area (Å²) in [4.78, 5) is 31.1. The SMILES string of the molecule is CN(C)c1cc(C(=O)N2CCOCC2CC(=O)O)ccn1. The van der Waals surface area contributed by atoms with Crippen LogP contribution in [0.3, 0.4) is 0 Å². The number of pyridine rings is 1. The topological polar surface area (TPSA) is 83.0 Å². The minimum atomic E-state index is -0.938. The Balaban J connectivity index is 2.20. The van der Waals surface area contributed by atoms with E-state index in [0.717, 1.165) is 0 Å². The molecule has 0 radical (unpaired) electrons. The fraction of sp³-hybridized carbons (Fsp3) is 0.500. The summed E-state index contributed by atoms with van der Waals surface area (Å²) in [6.45, 7) is 1.08. The van der Waals surface area contributed by atoms with Crippen molar-refractivity contribution in [1.82, 2.24) is 9.88 Å². The third-order valence-corrected chi connectivity index (χ3v) is 3.35. The standard InChI is InChI=1S/C14H19N3O4/c1-16(2)12-7-10(3-4-15-12)14(20)17-5-6-21-9-11(17)8-13(18)19/h3-4,7,11H,5-6,8-9H2,1-2H3,(H,18,19). The van der Waals surface area contributed by atoms with E-state index in [9.17, 15) is 9.59 Å². The van der Waals surface area contributed by atoms with Crippen LogP contribution in [0, 0.1) is 0 Å². The number of morpholine rings is 1. The van der Waals surface area contributed by atoms with Crippen molar-refractivity contribution in [2.75, 3.05) is 38.8 Å². The average molecular weight is 293 g/mol. The first-order chi connectivity index (χ1) is 9.99. The highest BCUT2D eigenvalue weighted by atomic mass is 16.5. The van der Waals surface area contributed by atoms with Gasteiger partial charge in [0.1, 0.15) is 5.82 Å². The van der Waals surface area contributed by atoms with Gasteiger partial charge >= 0.3 is 5.97 Å². The lowest BCUT2D eigenvalue weighted by molar-refractivity contribution is -0.139. The van der Waals surface area contributed by atoms with Crippen LogP contribution in [0.1, 0.15) is 16.8 Å². The van der Waals surface area contributed by atoms with E-state index in [0.29, 0.717) is 24.5 Å². The molecule has 7 nitrogen and oxygen atoms in total. The first-order valence-electron chi connectivity index (χ1n) is 6.73. The molecule has 2 heterocycles. The number of aliphatic carboxylic acids is 1. The van der Waals surface area contributed by atoms with Crippen LogP contribution < -0.4 is 4.90 Å². The number of carboxylic acids is 1. The number of carboxylic acid groups (broad SMARTS) is 1. The molecule has 1 fully saturated rings. The van der Waals surface area contributed by atoms with Crippen LogP contribution in [-0.2, 0) is 9.53 Å². The first-order valence-corrected chi connectivity index (χ1v) is 6.73. The predicted octanol–water partition coefficient (Wildman–Crippen LogP) is 0.463. The summed E-state index contributed by atoms with van der Waals surface area (Å²) in [6.07, 6.45) is 1.46. The van der Waals surface area contributed by atoms with Gasteiger partial charge in [-0.15, -0.1) is 0 Å². The van der Waals surface area contributed by atoms with Gasteiger partial charge < -0.3 is 19.6 Å². The van der Waals surface area contributed by atoms with Crippen molar-refractivity contribution < 1.29 is 19.4 Å². The average Bonchev–Trinajstić information content (AvgIpc) is 2.46. The smallest absolute Gasteiger partial charge is 0.305 e. The second-order valence-electron chi connectivity index (χ2n) is 5.12. The van der Waals surface area contributed by atoms with Gasteiger partial charge in [-0.1, -0.05) is 0 Å².